The van der Waals surface area contributed by atoms with Crippen LogP contribution in [0.25, 0.3) is 0 Å². The molecule has 1 rings (SSSR count). The number of ether oxygens (including phenoxy) is 1. The van der Waals surface area contributed by atoms with Gasteiger partial charge in [-0.05, 0) is 55.4 Å². The van der Waals surface area contributed by atoms with Crippen LogP contribution in [-0.4, -0.2) is 6.61 Å². The maximum Gasteiger partial charge on any atom is 0.122 e. The largest absolute Gasteiger partial charge is 0.493 e. The Labute approximate surface area is 106 Å². The maximum absolute atomic E-state index is 5.73. The number of benzene rings is 1. The van der Waals surface area contributed by atoms with Crippen molar-refractivity contribution >= 4 is 0 Å². The first-order valence-electron chi connectivity index (χ1n) is 6.44. The second-order valence-corrected chi connectivity index (χ2v) is 4.74. The lowest BCUT2D eigenvalue weighted by molar-refractivity contribution is 0.315. The van der Waals surface area contributed by atoms with E-state index in [2.05, 4.69) is 46.4 Å². The summed E-state index contributed by atoms with van der Waals surface area (Å²) in [6.07, 6.45) is 4.12. The Morgan fingerprint density at radius 3 is 2.59 bits per heavy atom. The topological polar surface area (TPSA) is 9.23 Å². The third-order valence-electron chi connectivity index (χ3n) is 3.26. The highest BCUT2D eigenvalue weighted by Crippen LogP contribution is 2.26. The van der Waals surface area contributed by atoms with Gasteiger partial charge in [0.1, 0.15) is 5.75 Å². The van der Waals surface area contributed by atoms with Crippen molar-refractivity contribution in [3.05, 3.63) is 41.5 Å². The van der Waals surface area contributed by atoms with E-state index < -0.39 is 0 Å². The van der Waals surface area contributed by atoms with Crippen LogP contribution in [0.1, 0.15) is 37.0 Å². The average molecular weight is 232 g/mol. The van der Waals surface area contributed by atoms with Crippen LogP contribution < -0.4 is 4.74 Å². The Kier molecular flexibility index (Phi) is 5.27. The molecule has 0 spiro atoms. The average Bonchev–Trinajstić information content (AvgIpc) is 2.34. The quantitative estimate of drug-likeness (QED) is 0.658. The van der Waals surface area contributed by atoms with E-state index in [9.17, 15) is 0 Å². The standard InChI is InChI=1S/C16H24O/c1-6-10-17-16-9-8-15(11-12(3)7-2)13(4)14(16)5/h7-9,12H,2,6,10-11H2,1,3-5H3. The van der Waals surface area contributed by atoms with Crippen molar-refractivity contribution in [2.75, 3.05) is 6.61 Å². The van der Waals surface area contributed by atoms with Crippen molar-refractivity contribution in [2.24, 2.45) is 5.92 Å². The SMILES string of the molecule is C=CC(C)Cc1ccc(OCCC)c(C)c1C. The smallest absolute Gasteiger partial charge is 0.122 e. The molecule has 17 heavy (non-hydrogen) atoms. The number of rotatable bonds is 6. The fourth-order valence-corrected chi connectivity index (χ4v) is 1.87. The van der Waals surface area contributed by atoms with Gasteiger partial charge in [-0.25, -0.2) is 0 Å². The molecule has 0 bridgehead atoms. The third kappa shape index (κ3) is 3.62. The molecule has 0 N–H and O–H groups in total. The third-order valence-corrected chi connectivity index (χ3v) is 3.26. The summed E-state index contributed by atoms with van der Waals surface area (Å²) >= 11 is 0. The Balaban J connectivity index is 2.89. The molecule has 0 heterocycles. The van der Waals surface area contributed by atoms with Crippen molar-refractivity contribution in [1.82, 2.24) is 0 Å². The summed E-state index contributed by atoms with van der Waals surface area (Å²) in [5, 5.41) is 0. The molecule has 0 fully saturated rings. The summed E-state index contributed by atoms with van der Waals surface area (Å²) in [6, 6.07) is 4.29. The van der Waals surface area contributed by atoms with Crippen LogP contribution >= 0.6 is 0 Å². The molecule has 1 aromatic carbocycles. The van der Waals surface area contributed by atoms with Gasteiger partial charge >= 0.3 is 0 Å². The van der Waals surface area contributed by atoms with Crippen LogP contribution in [0.15, 0.2) is 24.8 Å². The Bertz CT molecular complexity index is 379. The van der Waals surface area contributed by atoms with Crippen molar-refractivity contribution < 1.29 is 4.74 Å². The van der Waals surface area contributed by atoms with Gasteiger partial charge in [0, 0.05) is 0 Å². The minimum absolute atomic E-state index is 0.524. The molecule has 1 unspecified atom stereocenters. The van der Waals surface area contributed by atoms with E-state index in [0.29, 0.717) is 5.92 Å². The molecule has 1 nitrogen and oxygen atoms in total. The summed E-state index contributed by atoms with van der Waals surface area (Å²) in [4.78, 5) is 0. The Morgan fingerprint density at radius 2 is 2.00 bits per heavy atom. The summed E-state index contributed by atoms with van der Waals surface area (Å²) < 4.78 is 5.73. The normalized spacial score (nSPS) is 12.2. The van der Waals surface area contributed by atoms with Gasteiger partial charge in [0.05, 0.1) is 6.61 Å². The van der Waals surface area contributed by atoms with Gasteiger partial charge in [0.25, 0.3) is 0 Å². The molecule has 1 heteroatoms. The highest BCUT2D eigenvalue weighted by atomic mass is 16.5. The summed E-state index contributed by atoms with van der Waals surface area (Å²) in [5.74, 6) is 1.55. The van der Waals surface area contributed by atoms with E-state index in [1.54, 1.807) is 0 Å². The molecule has 0 amide bonds. The first kappa shape index (κ1) is 13.8. The van der Waals surface area contributed by atoms with Gasteiger partial charge in [-0.15, -0.1) is 6.58 Å². The monoisotopic (exact) mass is 232 g/mol. The molecule has 94 valence electrons. The highest BCUT2D eigenvalue weighted by molar-refractivity contribution is 5.43. The van der Waals surface area contributed by atoms with E-state index in [1.807, 2.05) is 6.08 Å². The number of hydrogen-bond acceptors (Lipinski definition) is 1. The van der Waals surface area contributed by atoms with E-state index >= 15 is 0 Å². The van der Waals surface area contributed by atoms with Crippen LogP contribution in [0.2, 0.25) is 0 Å². The number of hydrogen-bond donors (Lipinski definition) is 0. The highest BCUT2D eigenvalue weighted by Gasteiger charge is 2.08. The van der Waals surface area contributed by atoms with Crippen LogP contribution in [0.4, 0.5) is 0 Å². The van der Waals surface area contributed by atoms with Gasteiger partial charge in [0.15, 0.2) is 0 Å². The van der Waals surface area contributed by atoms with Crippen molar-refractivity contribution in [1.29, 1.82) is 0 Å². The lowest BCUT2D eigenvalue weighted by Crippen LogP contribution is -2.03. The van der Waals surface area contributed by atoms with Crippen molar-refractivity contribution in [2.45, 2.75) is 40.5 Å². The second kappa shape index (κ2) is 6.48. The minimum Gasteiger partial charge on any atom is -0.493 e. The van der Waals surface area contributed by atoms with Crippen molar-refractivity contribution in [3.63, 3.8) is 0 Å². The van der Waals surface area contributed by atoms with E-state index in [4.69, 9.17) is 4.74 Å². The van der Waals surface area contributed by atoms with E-state index in [1.165, 1.54) is 16.7 Å². The minimum atomic E-state index is 0.524. The van der Waals surface area contributed by atoms with Gasteiger partial charge < -0.3 is 4.74 Å². The van der Waals surface area contributed by atoms with Gasteiger partial charge in [-0.1, -0.05) is 26.0 Å². The molecular formula is C16H24O. The molecule has 1 atom stereocenters. The summed E-state index contributed by atoms with van der Waals surface area (Å²) in [5.41, 5.74) is 4.03. The lowest BCUT2D eigenvalue weighted by atomic mass is 9.94. The van der Waals surface area contributed by atoms with E-state index in [0.717, 1.165) is 25.2 Å². The zero-order chi connectivity index (χ0) is 12.8. The van der Waals surface area contributed by atoms with Gasteiger partial charge in [0.2, 0.25) is 0 Å². The molecule has 0 saturated heterocycles. The molecule has 1 aromatic rings. The zero-order valence-electron chi connectivity index (χ0n) is 11.5. The zero-order valence-corrected chi connectivity index (χ0v) is 11.5. The fraction of sp³-hybridized carbons (Fsp3) is 0.500. The Morgan fingerprint density at radius 1 is 1.29 bits per heavy atom. The second-order valence-electron chi connectivity index (χ2n) is 4.74. The lowest BCUT2D eigenvalue weighted by Gasteiger charge is -2.15. The predicted molar refractivity (Wildman–Crippen MR) is 74.8 cm³/mol. The molecule has 0 aliphatic rings. The molecular weight excluding hydrogens is 208 g/mol. The first-order chi connectivity index (χ1) is 8.10. The molecule has 0 aliphatic heterocycles. The van der Waals surface area contributed by atoms with Crippen LogP contribution in [-0.2, 0) is 6.42 Å². The molecule has 0 aromatic heterocycles. The predicted octanol–water partition coefficient (Wildman–Crippen LogP) is 4.46. The first-order valence-corrected chi connectivity index (χ1v) is 6.44. The molecule has 0 radical (unpaired) electrons. The van der Waals surface area contributed by atoms with Crippen LogP contribution in [0, 0.1) is 19.8 Å². The fourth-order valence-electron chi connectivity index (χ4n) is 1.87. The summed E-state index contributed by atoms with van der Waals surface area (Å²) in [7, 11) is 0. The Hall–Kier alpha value is -1.24. The van der Waals surface area contributed by atoms with Crippen LogP contribution in [0.5, 0.6) is 5.75 Å². The van der Waals surface area contributed by atoms with Crippen LogP contribution in [0.3, 0.4) is 0 Å². The van der Waals surface area contributed by atoms with Gasteiger partial charge in [-0.3, -0.25) is 0 Å². The van der Waals surface area contributed by atoms with E-state index in [-0.39, 0.29) is 0 Å². The van der Waals surface area contributed by atoms with Crippen molar-refractivity contribution in [3.8, 4) is 5.75 Å². The maximum atomic E-state index is 5.73. The molecule has 0 saturated carbocycles. The van der Waals surface area contributed by atoms with Gasteiger partial charge in [-0.2, -0.15) is 0 Å². The number of allylic oxidation sites excluding steroid dienone is 1. The molecule has 0 aliphatic carbocycles. The summed E-state index contributed by atoms with van der Waals surface area (Å²) in [6.45, 7) is 13.3.